The number of carbonyl (C=O) groups excluding carboxylic acids is 1. The SMILES string of the molecule is C=CC(C)NC(=O)Nc1ccc(CC(=O)O)cc1. The third-order valence-corrected chi connectivity index (χ3v) is 2.28. The zero-order valence-corrected chi connectivity index (χ0v) is 10.1. The lowest BCUT2D eigenvalue weighted by molar-refractivity contribution is -0.136. The van der Waals surface area contributed by atoms with E-state index >= 15 is 0 Å². The van der Waals surface area contributed by atoms with Crippen LogP contribution in [-0.2, 0) is 11.2 Å². The number of hydrogen-bond acceptors (Lipinski definition) is 2. The van der Waals surface area contributed by atoms with Crippen molar-refractivity contribution in [2.45, 2.75) is 19.4 Å². The van der Waals surface area contributed by atoms with Crippen molar-refractivity contribution < 1.29 is 14.7 Å². The Kier molecular flexibility index (Phi) is 4.92. The van der Waals surface area contributed by atoms with Gasteiger partial charge in [-0.15, -0.1) is 6.58 Å². The van der Waals surface area contributed by atoms with Crippen LogP contribution in [0.5, 0.6) is 0 Å². The number of carboxylic acid groups (broad SMARTS) is 1. The molecule has 0 aromatic heterocycles. The highest BCUT2D eigenvalue weighted by Gasteiger charge is 2.05. The Morgan fingerprint density at radius 1 is 1.39 bits per heavy atom. The maximum atomic E-state index is 11.5. The lowest BCUT2D eigenvalue weighted by Gasteiger charge is -2.10. The van der Waals surface area contributed by atoms with Gasteiger partial charge in [-0.05, 0) is 24.6 Å². The van der Waals surface area contributed by atoms with Gasteiger partial charge in [0.15, 0.2) is 0 Å². The van der Waals surface area contributed by atoms with Crippen molar-refractivity contribution in [3.8, 4) is 0 Å². The predicted molar refractivity (Wildman–Crippen MR) is 69.6 cm³/mol. The van der Waals surface area contributed by atoms with Crippen molar-refractivity contribution >= 4 is 17.7 Å². The molecule has 0 saturated carbocycles. The summed E-state index contributed by atoms with van der Waals surface area (Å²) in [4.78, 5) is 22.0. The van der Waals surface area contributed by atoms with Crippen LogP contribution in [-0.4, -0.2) is 23.1 Å². The average Bonchev–Trinajstić information content (AvgIpc) is 2.30. The fourth-order valence-corrected chi connectivity index (χ4v) is 1.31. The number of carbonyl (C=O) groups is 2. The van der Waals surface area contributed by atoms with E-state index in [1.165, 1.54) is 0 Å². The van der Waals surface area contributed by atoms with E-state index in [1.807, 2.05) is 6.92 Å². The second-order valence-electron chi connectivity index (χ2n) is 3.89. The van der Waals surface area contributed by atoms with Crippen LogP contribution in [0.3, 0.4) is 0 Å². The standard InChI is InChI=1S/C13H16N2O3/c1-3-9(2)14-13(18)15-11-6-4-10(5-7-11)8-12(16)17/h3-7,9H,1,8H2,2H3,(H,16,17)(H2,14,15,18). The Labute approximate surface area is 106 Å². The molecule has 96 valence electrons. The second kappa shape index (κ2) is 6.44. The molecule has 0 spiro atoms. The molecule has 18 heavy (non-hydrogen) atoms. The van der Waals surface area contributed by atoms with E-state index in [0.29, 0.717) is 11.3 Å². The van der Waals surface area contributed by atoms with Crippen LogP contribution in [0, 0.1) is 0 Å². The summed E-state index contributed by atoms with van der Waals surface area (Å²) in [7, 11) is 0. The molecule has 1 aromatic carbocycles. The first kappa shape index (κ1) is 13.8. The van der Waals surface area contributed by atoms with Gasteiger partial charge in [-0.25, -0.2) is 4.79 Å². The number of benzene rings is 1. The van der Waals surface area contributed by atoms with E-state index in [2.05, 4.69) is 17.2 Å². The highest BCUT2D eigenvalue weighted by molar-refractivity contribution is 5.89. The molecule has 0 fully saturated rings. The van der Waals surface area contributed by atoms with E-state index in [1.54, 1.807) is 30.3 Å². The minimum atomic E-state index is -0.881. The quantitative estimate of drug-likeness (QED) is 0.697. The molecule has 0 aliphatic heterocycles. The highest BCUT2D eigenvalue weighted by atomic mass is 16.4. The maximum absolute atomic E-state index is 11.5. The first-order valence-electron chi connectivity index (χ1n) is 5.52. The van der Waals surface area contributed by atoms with Gasteiger partial charge < -0.3 is 15.7 Å². The third kappa shape index (κ3) is 4.69. The number of anilines is 1. The summed E-state index contributed by atoms with van der Waals surface area (Å²) in [5.41, 5.74) is 1.30. The van der Waals surface area contributed by atoms with Gasteiger partial charge in [-0.1, -0.05) is 18.2 Å². The van der Waals surface area contributed by atoms with Crippen molar-refractivity contribution in [2.24, 2.45) is 0 Å². The molecule has 0 heterocycles. The summed E-state index contributed by atoms with van der Waals surface area (Å²) in [6.45, 7) is 5.37. The molecule has 5 heteroatoms. The fraction of sp³-hybridized carbons (Fsp3) is 0.231. The Morgan fingerprint density at radius 2 is 2.00 bits per heavy atom. The largest absolute Gasteiger partial charge is 0.481 e. The minimum absolute atomic E-state index is 0.0278. The van der Waals surface area contributed by atoms with Gasteiger partial charge in [0.1, 0.15) is 0 Å². The highest BCUT2D eigenvalue weighted by Crippen LogP contribution is 2.10. The van der Waals surface area contributed by atoms with E-state index in [0.717, 1.165) is 0 Å². The Balaban J connectivity index is 2.55. The normalized spacial score (nSPS) is 11.4. The summed E-state index contributed by atoms with van der Waals surface area (Å²) in [5, 5.41) is 13.9. The lowest BCUT2D eigenvalue weighted by Crippen LogP contribution is -2.34. The summed E-state index contributed by atoms with van der Waals surface area (Å²) in [6.07, 6.45) is 1.59. The monoisotopic (exact) mass is 248 g/mol. The molecular weight excluding hydrogens is 232 g/mol. The fourth-order valence-electron chi connectivity index (χ4n) is 1.31. The molecule has 0 aliphatic rings. The van der Waals surface area contributed by atoms with Gasteiger partial charge in [-0.3, -0.25) is 4.79 Å². The molecule has 3 N–H and O–H groups in total. The molecule has 0 radical (unpaired) electrons. The van der Waals surface area contributed by atoms with Crippen LogP contribution in [0.1, 0.15) is 12.5 Å². The van der Waals surface area contributed by atoms with Gasteiger partial charge >= 0.3 is 12.0 Å². The summed E-state index contributed by atoms with van der Waals surface area (Å²) < 4.78 is 0. The zero-order chi connectivity index (χ0) is 13.5. The Morgan fingerprint density at radius 3 is 2.50 bits per heavy atom. The van der Waals surface area contributed by atoms with E-state index in [4.69, 9.17) is 5.11 Å². The third-order valence-electron chi connectivity index (χ3n) is 2.28. The van der Waals surface area contributed by atoms with Crippen molar-refractivity contribution in [3.63, 3.8) is 0 Å². The first-order valence-corrected chi connectivity index (χ1v) is 5.52. The van der Waals surface area contributed by atoms with Gasteiger partial charge in [0.25, 0.3) is 0 Å². The Bertz CT molecular complexity index is 440. The number of rotatable bonds is 5. The van der Waals surface area contributed by atoms with Crippen LogP contribution >= 0.6 is 0 Å². The number of nitrogens with one attached hydrogen (secondary N) is 2. The average molecular weight is 248 g/mol. The van der Waals surface area contributed by atoms with Gasteiger partial charge in [0.2, 0.25) is 0 Å². The molecule has 0 saturated heterocycles. The molecule has 0 aliphatic carbocycles. The van der Waals surface area contributed by atoms with Crippen molar-refractivity contribution in [2.75, 3.05) is 5.32 Å². The van der Waals surface area contributed by atoms with E-state index < -0.39 is 5.97 Å². The molecule has 1 aromatic rings. The van der Waals surface area contributed by atoms with Crippen LogP contribution in [0.4, 0.5) is 10.5 Å². The molecule has 0 bridgehead atoms. The van der Waals surface area contributed by atoms with Crippen LogP contribution in [0.25, 0.3) is 0 Å². The second-order valence-corrected chi connectivity index (χ2v) is 3.89. The van der Waals surface area contributed by atoms with Crippen molar-refractivity contribution in [3.05, 3.63) is 42.5 Å². The zero-order valence-electron chi connectivity index (χ0n) is 10.1. The molecule has 1 atom stereocenters. The molecule has 1 rings (SSSR count). The number of urea groups is 1. The van der Waals surface area contributed by atoms with Crippen LogP contribution in [0.2, 0.25) is 0 Å². The van der Waals surface area contributed by atoms with Gasteiger partial charge in [-0.2, -0.15) is 0 Å². The van der Waals surface area contributed by atoms with E-state index in [9.17, 15) is 9.59 Å². The molecule has 5 nitrogen and oxygen atoms in total. The number of aliphatic carboxylic acids is 1. The summed E-state index contributed by atoms with van der Waals surface area (Å²) >= 11 is 0. The van der Waals surface area contributed by atoms with E-state index in [-0.39, 0.29) is 18.5 Å². The molecule has 1 unspecified atom stereocenters. The number of amides is 2. The first-order chi connectivity index (χ1) is 8.51. The van der Waals surface area contributed by atoms with Crippen LogP contribution in [0.15, 0.2) is 36.9 Å². The van der Waals surface area contributed by atoms with Crippen molar-refractivity contribution in [1.82, 2.24) is 5.32 Å². The Hall–Kier alpha value is -2.30. The van der Waals surface area contributed by atoms with Gasteiger partial charge in [0.05, 0.1) is 6.42 Å². The number of carboxylic acids is 1. The minimum Gasteiger partial charge on any atom is -0.481 e. The van der Waals surface area contributed by atoms with Gasteiger partial charge in [0, 0.05) is 11.7 Å². The maximum Gasteiger partial charge on any atom is 0.319 e. The molecular formula is C13H16N2O3. The van der Waals surface area contributed by atoms with Crippen LogP contribution < -0.4 is 10.6 Å². The topological polar surface area (TPSA) is 78.4 Å². The number of hydrogen-bond donors (Lipinski definition) is 3. The summed E-state index contributed by atoms with van der Waals surface area (Å²) in [6, 6.07) is 6.22. The smallest absolute Gasteiger partial charge is 0.319 e. The lowest BCUT2D eigenvalue weighted by atomic mass is 10.1. The van der Waals surface area contributed by atoms with Crippen molar-refractivity contribution in [1.29, 1.82) is 0 Å². The summed E-state index contributed by atoms with van der Waals surface area (Å²) in [5.74, 6) is -0.881. The predicted octanol–water partition coefficient (Wildman–Crippen LogP) is 2.01. The molecule has 2 amide bonds.